The molecular formula is C14H18N4S4. The monoisotopic (exact) mass is 370 g/mol. The van der Waals surface area contributed by atoms with Crippen molar-refractivity contribution in [3.63, 3.8) is 0 Å². The maximum absolute atomic E-state index is 5.47. The molecule has 22 heavy (non-hydrogen) atoms. The second-order valence-electron chi connectivity index (χ2n) is 5.11. The van der Waals surface area contributed by atoms with Crippen LogP contribution in [0, 0.1) is 41.5 Å². The van der Waals surface area contributed by atoms with Crippen LogP contribution in [0.4, 0.5) is 0 Å². The summed E-state index contributed by atoms with van der Waals surface area (Å²) in [5.74, 6) is 0. The Hall–Kier alpha value is -0.700. The van der Waals surface area contributed by atoms with Crippen molar-refractivity contribution in [3.05, 3.63) is 33.9 Å². The fourth-order valence-electron chi connectivity index (χ4n) is 1.94. The summed E-state index contributed by atoms with van der Waals surface area (Å²) >= 11 is 10.9. The highest BCUT2D eigenvalue weighted by atomic mass is 33.1. The van der Waals surface area contributed by atoms with Gasteiger partial charge in [0.05, 0.1) is 11.4 Å². The number of aromatic nitrogens is 4. The number of nitrogens with zero attached hydrogens (tertiary/aromatic N) is 4. The zero-order valence-corrected chi connectivity index (χ0v) is 16.7. The van der Waals surface area contributed by atoms with Crippen molar-refractivity contribution in [1.82, 2.24) is 19.6 Å². The van der Waals surface area contributed by atoms with E-state index in [4.69, 9.17) is 24.4 Å². The van der Waals surface area contributed by atoms with E-state index < -0.39 is 0 Å². The van der Waals surface area contributed by atoms with Crippen LogP contribution in [0.1, 0.15) is 33.9 Å². The van der Waals surface area contributed by atoms with Gasteiger partial charge in [0.15, 0.2) is 8.64 Å². The molecule has 0 saturated carbocycles. The second-order valence-corrected chi connectivity index (χ2v) is 8.51. The largest absolute Gasteiger partial charge is 0.219 e. The number of rotatable bonds is 0. The molecule has 2 rings (SSSR count). The SMILES string of the molecule is Cc1nn(C(=S)SSC(=S)n2nc(C)c(C)c2C)c(C)c1C. The van der Waals surface area contributed by atoms with Crippen LogP contribution in [0.2, 0.25) is 0 Å². The summed E-state index contributed by atoms with van der Waals surface area (Å²) in [6.07, 6.45) is 0. The van der Waals surface area contributed by atoms with E-state index in [0.29, 0.717) is 8.64 Å². The molecule has 4 nitrogen and oxygen atoms in total. The van der Waals surface area contributed by atoms with Gasteiger partial charge in [-0.3, -0.25) is 0 Å². The topological polar surface area (TPSA) is 35.6 Å². The van der Waals surface area contributed by atoms with Crippen molar-refractivity contribution in [1.29, 1.82) is 0 Å². The van der Waals surface area contributed by atoms with Gasteiger partial charge in [-0.2, -0.15) is 10.2 Å². The van der Waals surface area contributed by atoms with Crippen LogP contribution >= 0.6 is 46.0 Å². The third kappa shape index (κ3) is 3.29. The molecule has 2 heterocycles. The summed E-state index contributed by atoms with van der Waals surface area (Å²) < 4.78 is 4.96. The van der Waals surface area contributed by atoms with Crippen LogP contribution in [0.3, 0.4) is 0 Å². The normalized spacial score (nSPS) is 11.0. The summed E-state index contributed by atoms with van der Waals surface area (Å²) in [5.41, 5.74) is 6.49. The van der Waals surface area contributed by atoms with Gasteiger partial charge < -0.3 is 0 Å². The number of thiocarbonyl (C=S) groups is 2. The molecule has 0 radical (unpaired) electrons. The first-order chi connectivity index (χ1) is 10.2. The van der Waals surface area contributed by atoms with E-state index in [0.717, 1.165) is 22.8 Å². The predicted molar refractivity (Wildman–Crippen MR) is 104 cm³/mol. The van der Waals surface area contributed by atoms with Crippen LogP contribution in [0.15, 0.2) is 0 Å². The quantitative estimate of drug-likeness (QED) is 0.509. The average Bonchev–Trinajstić information content (AvgIpc) is 2.89. The van der Waals surface area contributed by atoms with Gasteiger partial charge in [0.2, 0.25) is 0 Å². The first kappa shape index (κ1) is 17.7. The molecule has 8 heteroatoms. The van der Waals surface area contributed by atoms with E-state index in [1.165, 1.54) is 32.7 Å². The highest BCUT2D eigenvalue weighted by Crippen LogP contribution is 2.29. The summed E-state index contributed by atoms with van der Waals surface area (Å²) in [5, 5.41) is 8.94. The van der Waals surface area contributed by atoms with Crippen molar-refractivity contribution < 1.29 is 0 Å². The predicted octanol–water partition coefficient (Wildman–Crippen LogP) is 4.28. The highest BCUT2D eigenvalue weighted by Gasteiger charge is 2.15. The van der Waals surface area contributed by atoms with Crippen LogP contribution in [-0.4, -0.2) is 28.2 Å². The first-order valence-electron chi connectivity index (χ1n) is 6.72. The van der Waals surface area contributed by atoms with Crippen molar-refractivity contribution in [3.8, 4) is 0 Å². The zero-order chi connectivity index (χ0) is 16.6. The summed E-state index contributed by atoms with van der Waals surface area (Å²) in [4.78, 5) is 0. The molecule has 0 unspecified atom stereocenters. The van der Waals surface area contributed by atoms with Gasteiger partial charge in [-0.25, -0.2) is 9.36 Å². The van der Waals surface area contributed by atoms with E-state index in [1.54, 1.807) is 9.36 Å². The minimum Gasteiger partial charge on any atom is -0.219 e. The third-order valence-corrected chi connectivity index (χ3v) is 7.23. The molecule has 118 valence electrons. The van der Waals surface area contributed by atoms with E-state index in [1.807, 2.05) is 27.7 Å². The van der Waals surface area contributed by atoms with Gasteiger partial charge in [0, 0.05) is 11.4 Å². The molecule has 0 aliphatic heterocycles. The number of hydrogen-bond acceptors (Lipinski definition) is 6. The molecule has 0 fully saturated rings. The summed E-state index contributed by atoms with van der Waals surface area (Å²) in [6.45, 7) is 12.1. The molecule has 2 aromatic heterocycles. The van der Waals surface area contributed by atoms with Crippen LogP contribution in [0.25, 0.3) is 0 Å². The van der Waals surface area contributed by atoms with Crippen LogP contribution < -0.4 is 0 Å². The van der Waals surface area contributed by atoms with Crippen molar-refractivity contribution in [2.75, 3.05) is 0 Å². The smallest absolute Gasteiger partial charge is 0.172 e. The maximum atomic E-state index is 5.47. The lowest BCUT2D eigenvalue weighted by Crippen LogP contribution is -2.11. The van der Waals surface area contributed by atoms with E-state index >= 15 is 0 Å². The second kappa shape index (κ2) is 6.82. The lowest BCUT2D eigenvalue weighted by atomic mass is 10.2. The Bertz CT molecular complexity index is 693. The number of aryl methyl sites for hydroxylation is 2. The minimum absolute atomic E-state index is 0.680. The van der Waals surface area contributed by atoms with Crippen molar-refractivity contribution in [2.45, 2.75) is 41.5 Å². The lowest BCUT2D eigenvalue weighted by Gasteiger charge is -2.07. The van der Waals surface area contributed by atoms with Gasteiger partial charge in [-0.05, 0) is 98.7 Å². The lowest BCUT2D eigenvalue weighted by molar-refractivity contribution is 0.905. The van der Waals surface area contributed by atoms with Gasteiger partial charge in [0.25, 0.3) is 0 Å². The molecule has 0 spiro atoms. The Kier molecular flexibility index (Phi) is 5.47. The van der Waals surface area contributed by atoms with Crippen molar-refractivity contribution in [2.24, 2.45) is 0 Å². The molecule has 0 saturated heterocycles. The van der Waals surface area contributed by atoms with E-state index in [9.17, 15) is 0 Å². The van der Waals surface area contributed by atoms with Gasteiger partial charge in [-0.1, -0.05) is 0 Å². The molecule has 0 aliphatic rings. The molecule has 0 N–H and O–H groups in total. The fraction of sp³-hybridized carbons (Fsp3) is 0.429. The number of hydrogen-bond donors (Lipinski definition) is 0. The minimum atomic E-state index is 0.680. The Morgan fingerprint density at radius 1 is 0.727 bits per heavy atom. The molecule has 0 amide bonds. The van der Waals surface area contributed by atoms with Crippen LogP contribution in [-0.2, 0) is 0 Å². The van der Waals surface area contributed by atoms with Gasteiger partial charge in [0.1, 0.15) is 0 Å². The Labute approximate surface area is 149 Å². The molecule has 2 aromatic rings. The Morgan fingerprint density at radius 2 is 1.05 bits per heavy atom. The highest BCUT2D eigenvalue weighted by molar-refractivity contribution is 8.89. The molecule has 0 aromatic carbocycles. The fourth-order valence-corrected chi connectivity index (χ4v) is 4.40. The molecule has 0 aliphatic carbocycles. The first-order valence-corrected chi connectivity index (χ1v) is 9.69. The molecule has 0 bridgehead atoms. The maximum Gasteiger partial charge on any atom is 0.172 e. The summed E-state index contributed by atoms with van der Waals surface area (Å²) in [6, 6.07) is 0. The standard InChI is InChI=1S/C14H18N4S4/c1-7-9(3)15-17(11(7)5)13(19)21-22-14(20)18-12(6)8(2)10(4)16-18/h1-6H3. The van der Waals surface area contributed by atoms with E-state index in [2.05, 4.69) is 24.0 Å². The molecule has 0 atom stereocenters. The van der Waals surface area contributed by atoms with Crippen molar-refractivity contribution >= 4 is 54.7 Å². The van der Waals surface area contributed by atoms with Crippen LogP contribution in [0.5, 0.6) is 0 Å². The van der Waals surface area contributed by atoms with Gasteiger partial charge >= 0.3 is 0 Å². The third-order valence-electron chi connectivity index (χ3n) is 3.84. The zero-order valence-electron chi connectivity index (χ0n) is 13.4. The average molecular weight is 371 g/mol. The Morgan fingerprint density at radius 3 is 1.27 bits per heavy atom. The summed E-state index contributed by atoms with van der Waals surface area (Å²) in [7, 11) is 2.88. The van der Waals surface area contributed by atoms with E-state index in [-0.39, 0.29) is 0 Å². The molecular weight excluding hydrogens is 352 g/mol. The van der Waals surface area contributed by atoms with Gasteiger partial charge in [-0.15, -0.1) is 0 Å². The Balaban J connectivity index is 2.09.